The van der Waals surface area contributed by atoms with Crippen molar-refractivity contribution in [3.8, 4) is 11.1 Å². The van der Waals surface area contributed by atoms with Crippen molar-refractivity contribution in [3.05, 3.63) is 150 Å². The number of rotatable bonds is 11. The molecule has 7 nitrogen and oxygen atoms in total. The van der Waals surface area contributed by atoms with E-state index in [1.165, 1.54) is 0 Å². The molecule has 7 heteroatoms. The molecule has 226 valence electrons. The number of carbonyl (C=O) groups excluding carboxylic acids is 2. The van der Waals surface area contributed by atoms with Crippen LogP contribution < -0.4 is 15.1 Å². The summed E-state index contributed by atoms with van der Waals surface area (Å²) in [5.74, 6) is -1.30. The molecular weight excluding hydrogens is 562 g/mol. The van der Waals surface area contributed by atoms with Gasteiger partial charge < -0.3 is 20.2 Å². The average Bonchev–Trinajstić information content (AvgIpc) is 3.08. The predicted octanol–water partition coefficient (Wildman–Crippen LogP) is 7.04. The highest BCUT2D eigenvalue weighted by Gasteiger charge is 2.21. The van der Waals surface area contributed by atoms with Crippen LogP contribution in [0.5, 0.6) is 0 Å². The van der Waals surface area contributed by atoms with Crippen LogP contribution in [0.3, 0.4) is 0 Å². The van der Waals surface area contributed by atoms with Crippen LogP contribution in [0.4, 0.5) is 17.1 Å². The van der Waals surface area contributed by atoms with E-state index >= 15 is 0 Å². The normalized spacial score (nSPS) is 11.4. The lowest BCUT2D eigenvalue weighted by molar-refractivity contribution is -0.137. The van der Waals surface area contributed by atoms with Gasteiger partial charge in [-0.3, -0.25) is 9.59 Å². The number of hydrogen-bond acceptors (Lipinski definition) is 5. The molecule has 5 rings (SSSR count). The lowest BCUT2D eigenvalue weighted by Crippen LogP contribution is -2.32. The van der Waals surface area contributed by atoms with Gasteiger partial charge in [0.2, 0.25) is 0 Å². The Morgan fingerprint density at radius 3 is 2.00 bits per heavy atom. The maximum absolute atomic E-state index is 13.2. The first-order chi connectivity index (χ1) is 21.7. The molecule has 0 aromatic heterocycles. The van der Waals surface area contributed by atoms with E-state index < -0.39 is 12.0 Å². The fourth-order valence-corrected chi connectivity index (χ4v) is 5.12. The van der Waals surface area contributed by atoms with Crippen molar-refractivity contribution in [1.82, 2.24) is 0 Å². The van der Waals surface area contributed by atoms with Gasteiger partial charge in [0.25, 0.3) is 5.91 Å². The molecular formula is C38H35N3O4. The summed E-state index contributed by atoms with van der Waals surface area (Å²) in [7, 11) is 5.67. The van der Waals surface area contributed by atoms with E-state index in [9.17, 15) is 19.5 Å². The predicted molar refractivity (Wildman–Crippen MR) is 180 cm³/mol. The zero-order chi connectivity index (χ0) is 31.9. The molecule has 2 N–H and O–H groups in total. The third-order valence-electron chi connectivity index (χ3n) is 7.73. The number of anilines is 3. The number of carboxylic acid groups (broad SMARTS) is 1. The number of carbonyl (C=O) groups is 3. The Balaban J connectivity index is 1.29. The number of ketones is 1. The SMILES string of the molecule is CN(C)c1ccc(C(=O)N(C)c2cccc(-c3ccc(C[C@H](Nc4ccccc4C(=O)c4ccccc4)C(=O)O)cc3)c2)cc1. The summed E-state index contributed by atoms with van der Waals surface area (Å²) in [5, 5.41) is 13.1. The summed E-state index contributed by atoms with van der Waals surface area (Å²) in [4.78, 5) is 42.2. The van der Waals surface area contributed by atoms with E-state index in [-0.39, 0.29) is 18.1 Å². The van der Waals surface area contributed by atoms with Crippen molar-refractivity contribution in [2.24, 2.45) is 0 Å². The second-order valence-electron chi connectivity index (χ2n) is 11.0. The third kappa shape index (κ3) is 7.28. The minimum absolute atomic E-state index is 0.105. The van der Waals surface area contributed by atoms with Gasteiger partial charge in [-0.05, 0) is 65.2 Å². The van der Waals surface area contributed by atoms with Gasteiger partial charge >= 0.3 is 5.97 Å². The maximum Gasteiger partial charge on any atom is 0.326 e. The molecule has 0 saturated heterocycles. The standard InChI is InChI=1S/C38H35N3O4/c1-40(2)31-22-20-29(21-23-31)37(43)41(3)32-13-9-12-30(25-32)27-18-16-26(17-19-27)24-35(38(44)45)39-34-15-8-7-14-33(34)36(42)28-10-5-4-6-11-28/h4-23,25,35,39H,24H2,1-3H3,(H,44,45)/t35-/m0/s1. The lowest BCUT2D eigenvalue weighted by atomic mass is 9.98. The molecule has 0 fully saturated rings. The minimum Gasteiger partial charge on any atom is -0.480 e. The van der Waals surface area contributed by atoms with Crippen molar-refractivity contribution in [2.75, 3.05) is 36.3 Å². The van der Waals surface area contributed by atoms with Crippen LogP contribution in [0.1, 0.15) is 31.8 Å². The first kappa shape index (κ1) is 30.8. The zero-order valence-electron chi connectivity index (χ0n) is 25.5. The van der Waals surface area contributed by atoms with Gasteiger partial charge in [-0.1, -0.05) is 78.9 Å². The summed E-state index contributed by atoms with van der Waals surface area (Å²) in [6, 6.07) is 37.9. The van der Waals surface area contributed by atoms with Crippen molar-refractivity contribution < 1.29 is 19.5 Å². The van der Waals surface area contributed by atoms with Gasteiger partial charge in [-0.25, -0.2) is 4.79 Å². The number of aliphatic carboxylic acids is 1. The fraction of sp³-hybridized carbons (Fsp3) is 0.132. The highest BCUT2D eigenvalue weighted by atomic mass is 16.4. The molecule has 0 bridgehead atoms. The highest BCUT2D eigenvalue weighted by Crippen LogP contribution is 2.27. The number of nitrogens with zero attached hydrogens (tertiary/aromatic N) is 2. The number of carboxylic acids is 1. The van der Waals surface area contributed by atoms with Gasteiger partial charge in [-0.15, -0.1) is 0 Å². The summed E-state index contributed by atoms with van der Waals surface area (Å²) in [6.45, 7) is 0. The zero-order valence-corrected chi connectivity index (χ0v) is 25.5. The first-order valence-electron chi connectivity index (χ1n) is 14.6. The van der Waals surface area contributed by atoms with Crippen LogP contribution in [-0.2, 0) is 11.2 Å². The Bertz CT molecular complexity index is 1800. The highest BCUT2D eigenvalue weighted by molar-refractivity contribution is 6.12. The smallest absolute Gasteiger partial charge is 0.326 e. The molecule has 0 heterocycles. The van der Waals surface area contributed by atoms with Gasteiger partial charge in [0.05, 0.1) is 0 Å². The lowest BCUT2D eigenvalue weighted by Gasteiger charge is -2.20. The molecule has 0 unspecified atom stereocenters. The molecule has 1 atom stereocenters. The number of benzene rings is 5. The molecule has 0 radical (unpaired) electrons. The minimum atomic E-state index is -1.02. The van der Waals surface area contributed by atoms with E-state index in [2.05, 4.69) is 5.32 Å². The number of nitrogens with one attached hydrogen (secondary N) is 1. The van der Waals surface area contributed by atoms with Crippen LogP contribution in [0.25, 0.3) is 11.1 Å². The Morgan fingerprint density at radius 1 is 0.667 bits per heavy atom. The number of para-hydroxylation sites is 1. The van der Waals surface area contributed by atoms with Gasteiger partial charge in [0.1, 0.15) is 6.04 Å². The van der Waals surface area contributed by atoms with Crippen molar-refractivity contribution in [1.29, 1.82) is 0 Å². The molecule has 0 aliphatic carbocycles. The summed E-state index contributed by atoms with van der Waals surface area (Å²) in [5.41, 5.74) is 6.51. The van der Waals surface area contributed by atoms with E-state index in [0.29, 0.717) is 22.4 Å². The van der Waals surface area contributed by atoms with E-state index in [1.54, 1.807) is 60.5 Å². The molecule has 5 aromatic rings. The van der Waals surface area contributed by atoms with Gasteiger partial charge in [-0.2, -0.15) is 0 Å². The second-order valence-corrected chi connectivity index (χ2v) is 11.0. The van der Waals surface area contributed by atoms with Crippen LogP contribution in [0.2, 0.25) is 0 Å². The largest absolute Gasteiger partial charge is 0.480 e. The number of amides is 1. The van der Waals surface area contributed by atoms with E-state index in [4.69, 9.17) is 0 Å². The van der Waals surface area contributed by atoms with Crippen LogP contribution >= 0.6 is 0 Å². The van der Waals surface area contributed by atoms with Crippen LogP contribution in [0, 0.1) is 0 Å². The molecule has 0 aliphatic rings. The Morgan fingerprint density at radius 2 is 1.33 bits per heavy atom. The molecule has 0 saturated carbocycles. The average molecular weight is 598 g/mol. The summed E-state index contributed by atoms with van der Waals surface area (Å²) in [6.07, 6.45) is 0.216. The summed E-state index contributed by atoms with van der Waals surface area (Å²) < 4.78 is 0. The maximum atomic E-state index is 13.2. The van der Waals surface area contributed by atoms with Crippen LogP contribution in [-0.4, -0.2) is 50.0 Å². The van der Waals surface area contributed by atoms with Crippen molar-refractivity contribution >= 4 is 34.7 Å². The van der Waals surface area contributed by atoms with E-state index in [0.717, 1.165) is 28.1 Å². The monoisotopic (exact) mass is 597 g/mol. The fourth-order valence-electron chi connectivity index (χ4n) is 5.12. The van der Waals surface area contributed by atoms with Gasteiger partial charge in [0.15, 0.2) is 5.78 Å². The van der Waals surface area contributed by atoms with Crippen LogP contribution in [0.15, 0.2) is 127 Å². The Hall–Kier alpha value is -5.69. The Labute approximate surface area is 263 Å². The topological polar surface area (TPSA) is 90.0 Å². The van der Waals surface area contributed by atoms with E-state index in [1.807, 2.05) is 97.9 Å². The third-order valence-corrected chi connectivity index (χ3v) is 7.73. The molecule has 5 aromatic carbocycles. The quantitative estimate of drug-likeness (QED) is 0.159. The summed E-state index contributed by atoms with van der Waals surface area (Å²) >= 11 is 0. The van der Waals surface area contributed by atoms with Crippen molar-refractivity contribution in [2.45, 2.75) is 12.5 Å². The van der Waals surface area contributed by atoms with Gasteiger partial charge in [0, 0.05) is 61.3 Å². The molecule has 0 spiro atoms. The Kier molecular flexibility index (Phi) is 9.39. The van der Waals surface area contributed by atoms with Crippen molar-refractivity contribution in [3.63, 3.8) is 0 Å². The first-order valence-corrected chi connectivity index (χ1v) is 14.6. The molecule has 1 amide bonds. The molecule has 45 heavy (non-hydrogen) atoms. The number of hydrogen-bond donors (Lipinski definition) is 2. The molecule has 0 aliphatic heterocycles. The second kappa shape index (κ2) is 13.7.